The summed E-state index contributed by atoms with van der Waals surface area (Å²) in [4.78, 5) is -0.0780. The summed E-state index contributed by atoms with van der Waals surface area (Å²) in [5.41, 5.74) is -0.659. The van der Waals surface area contributed by atoms with Gasteiger partial charge in [-0.3, -0.25) is 0 Å². The summed E-state index contributed by atoms with van der Waals surface area (Å²) < 4.78 is 50.4. The maximum Gasteiger partial charge on any atom is 0.243 e. The number of hydrogen-bond acceptors (Lipinski definition) is 4. The van der Waals surface area contributed by atoms with Crippen molar-refractivity contribution in [2.24, 2.45) is 0 Å². The van der Waals surface area contributed by atoms with Crippen LogP contribution in [0.4, 0.5) is 4.39 Å². The molecule has 7 heteroatoms. The molecular weight excluding hydrogens is 285 g/mol. The first-order valence-corrected chi connectivity index (χ1v) is 7.67. The van der Waals surface area contributed by atoms with Gasteiger partial charge in [-0.25, -0.2) is 12.8 Å². The van der Waals surface area contributed by atoms with Gasteiger partial charge in [0.2, 0.25) is 10.0 Å². The summed E-state index contributed by atoms with van der Waals surface area (Å²) >= 11 is 0. The van der Waals surface area contributed by atoms with Crippen molar-refractivity contribution in [2.45, 2.75) is 24.3 Å². The molecule has 112 valence electrons. The summed E-state index contributed by atoms with van der Waals surface area (Å²) in [6.45, 7) is 4.46. The highest BCUT2D eigenvalue weighted by atomic mass is 32.2. The van der Waals surface area contributed by atoms with E-state index in [1.807, 2.05) is 0 Å². The molecule has 0 saturated carbocycles. The Balaban J connectivity index is 2.42. The third kappa shape index (κ3) is 2.65. The van der Waals surface area contributed by atoms with Crippen LogP contribution >= 0.6 is 0 Å². The van der Waals surface area contributed by atoms with Gasteiger partial charge in [-0.2, -0.15) is 4.31 Å². The van der Waals surface area contributed by atoms with Gasteiger partial charge in [0.25, 0.3) is 0 Å². The van der Waals surface area contributed by atoms with Crippen LogP contribution in [0.3, 0.4) is 0 Å². The second kappa shape index (κ2) is 5.31. The van der Waals surface area contributed by atoms with E-state index >= 15 is 0 Å². The second-order valence-corrected chi connectivity index (χ2v) is 7.10. The fourth-order valence-electron chi connectivity index (χ4n) is 2.22. The largest absolute Gasteiger partial charge is 0.494 e. The summed E-state index contributed by atoms with van der Waals surface area (Å²) in [5, 5.41) is 0. The first-order valence-electron chi connectivity index (χ1n) is 6.23. The minimum Gasteiger partial charge on any atom is -0.494 e. The van der Waals surface area contributed by atoms with E-state index in [2.05, 4.69) is 0 Å². The van der Waals surface area contributed by atoms with Gasteiger partial charge < -0.3 is 9.47 Å². The standard InChI is InChI=1S/C13H18FNO4S/c1-13(2)9-19-7-6-15(13)20(16,17)10-4-5-12(18-3)11(14)8-10/h4-5,8H,6-7,9H2,1-3H3. The number of halogens is 1. The average molecular weight is 303 g/mol. The number of ether oxygens (including phenoxy) is 2. The molecular formula is C13H18FNO4S. The molecule has 0 amide bonds. The van der Waals surface area contributed by atoms with Crippen LogP contribution in [0.1, 0.15) is 13.8 Å². The molecule has 0 aromatic heterocycles. The Bertz CT molecular complexity index is 600. The minimum absolute atomic E-state index is 0.0187. The van der Waals surface area contributed by atoms with Gasteiger partial charge in [0.05, 0.1) is 30.8 Å². The second-order valence-electron chi connectivity index (χ2n) is 5.24. The van der Waals surface area contributed by atoms with Crippen molar-refractivity contribution in [2.75, 3.05) is 26.9 Å². The molecule has 1 aliphatic rings. The summed E-state index contributed by atoms with van der Waals surface area (Å²) in [7, 11) is -2.43. The third-order valence-electron chi connectivity index (χ3n) is 3.28. The van der Waals surface area contributed by atoms with Crippen molar-refractivity contribution in [1.29, 1.82) is 0 Å². The molecule has 1 fully saturated rings. The lowest BCUT2D eigenvalue weighted by atomic mass is 10.1. The monoisotopic (exact) mass is 303 g/mol. The molecule has 1 heterocycles. The predicted octanol–water partition coefficient (Wildman–Crippen LogP) is 1.63. The normalized spacial score (nSPS) is 19.8. The molecule has 1 aromatic rings. The smallest absolute Gasteiger partial charge is 0.243 e. The average Bonchev–Trinajstić information content (AvgIpc) is 2.37. The van der Waals surface area contributed by atoms with Crippen molar-refractivity contribution < 1.29 is 22.3 Å². The number of sulfonamides is 1. The van der Waals surface area contributed by atoms with Crippen molar-refractivity contribution in [3.05, 3.63) is 24.0 Å². The highest BCUT2D eigenvalue weighted by Crippen LogP contribution is 2.29. The van der Waals surface area contributed by atoms with E-state index < -0.39 is 21.4 Å². The summed E-state index contributed by atoms with van der Waals surface area (Å²) in [5.74, 6) is -0.676. The molecule has 0 spiro atoms. The lowest BCUT2D eigenvalue weighted by molar-refractivity contribution is -0.00771. The fourth-order valence-corrected chi connectivity index (χ4v) is 3.99. The van der Waals surface area contributed by atoms with Gasteiger partial charge >= 0.3 is 0 Å². The van der Waals surface area contributed by atoms with Crippen LogP contribution in [0.15, 0.2) is 23.1 Å². The van der Waals surface area contributed by atoms with E-state index in [4.69, 9.17) is 9.47 Å². The van der Waals surface area contributed by atoms with Crippen molar-refractivity contribution in [3.63, 3.8) is 0 Å². The van der Waals surface area contributed by atoms with Crippen molar-refractivity contribution >= 4 is 10.0 Å². The zero-order valence-electron chi connectivity index (χ0n) is 11.7. The third-order valence-corrected chi connectivity index (χ3v) is 5.39. The number of rotatable bonds is 3. The van der Waals surface area contributed by atoms with Crippen molar-refractivity contribution in [1.82, 2.24) is 4.31 Å². The molecule has 0 radical (unpaired) electrons. The maximum atomic E-state index is 13.7. The van der Waals surface area contributed by atoms with Crippen molar-refractivity contribution in [3.8, 4) is 5.75 Å². The summed E-state index contributed by atoms with van der Waals surface area (Å²) in [6, 6.07) is 3.65. The zero-order chi connectivity index (χ0) is 15.0. The number of methoxy groups -OCH3 is 1. The highest BCUT2D eigenvalue weighted by Gasteiger charge is 2.39. The Labute approximate surface area is 118 Å². The number of hydrogen-bond donors (Lipinski definition) is 0. The van der Waals surface area contributed by atoms with Crippen LogP contribution in [0.25, 0.3) is 0 Å². The maximum absolute atomic E-state index is 13.7. The van der Waals surface area contributed by atoms with Crippen LogP contribution in [0.5, 0.6) is 5.75 Å². The Morgan fingerprint density at radius 1 is 1.40 bits per heavy atom. The molecule has 5 nitrogen and oxygen atoms in total. The Morgan fingerprint density at radius 2 is 2.10 bits per heavy atom. The fraction of sp³-hybridized carbons (Fsp3) is 0.538. The van der Waals surface area contributed by atoms with E-state index in [0.29, 0.717) is 13.2 Å². The topological polar surface area (TPSA) is 55.8 Å². The molecule has 0 N–H and O–H groups in total. The van der Waals surface area contributed by atoms with Crippen LogP contribution in [0.2, 0.25) is 0 Å². The molecule has 0 bridgehead atoms. The SMILES string of the molecule is COc1ccc(S(=O)(=O)N2CCOCC2(C)C)cc1F. The number of morpholine rings is 1. The number of benzene rings is 1. The lowest BCUT2D eigenvalue weighted by Crippen LogP contribution is -2.55. The predicted molar refractivity (Wildman–Crippen MR) is 71.7 cm³/mol. The Kier molecular flexibility index (Phi) is 4.04. The van der Waals surface area contributed by atoms with Gasteiger partial charge in [0.1, 0.15) is 0 Å². The summed E-state index contributed by atoms with van der Waals surface area (Å²) in [6.07, 6.45) is 0. The molecule has 0 aliphatic carbocycles. The molecule has 2 rings (SSSR count). The van der Waals surface area contributed by atoms with Crippen LogP contribution < -0.4 is 4.74 Å². The molecule has 1 aromatic carbocycles. The molecule has 20 heavy (non-hydrogen) atoms. The van der Waals surface area contributed by atoms with Gasteiger partial charge in [-0.15, -0.1) is 0 Å². The number of nitrogens with zero attached hydrogens (tertiary/aromatic N) is 1. The molecule has 1 aliphatic heterocycles. The van der Waals surface area contributed by atoms with Gasteiger partial charge in [0.15, 0.2) is 11.6 Å². The van der Waals surface area contributed by atoms with E-state index in [1.54, 1.807) is 13.8 Å². The quantitative estimate of drug-likeness (QED) is 0.852. The van der Waals surface area contributed by atoms with E-state index in [9.17, 15) is 12.8 Å². The van der Waals surface area contributed by atoms with E-state index in [-0.39, 0.29) is 17.2 Å². The minimum atomic E-state index is -3.76. The lowest BCUT2D eigenvalue weighted by Gasteiger charge is -2.40. The van der Waals surface area contributed by atoms with Crippen LogP contribution in [-0.4, -0.2) is 45.1 Å². The zero-order valence-corrected chi connectivity index (χ0v) is 12.5. The van der Waals surface area contributed by atoms with Crippen LogP contribution in [-0.2, 0) is 14.8 Å². The molecule has 0 unspecified atom stereocenters. The van der Waals surface area contributed by atoms with E-state index in [0.717, 1.165) is 6.07 Å². The van der Waals surface area contributed by atoms with Gasteiger partial charge in [-0.05, 0) is 32.0 Å². The highest BCUT2D eigenvalue weighted by molar-refractivity contribution is 7.89. The first kappa shape index (κ1) is 15.2. The van der Waals surface area contributed by atoms with Gasteiger partial charge in [0, 0.05) is 6.54 Å². The Hall–Kier alpha value is -1.18. The molecule has 1 saturated heterocycles. The van der Waals surface area contributed by atoms with E-state index in [1.165, 1.54) is 23.5 Å². The van der Waals surface area contributed by atoms with Crippen LogP contribution in [0, 0.1) is 5.82 Å². The Morgan fingerprint density at radius 3 is 2.65 bits per heavy atom. The molecule has 0 atom stereocenters. The first-order chi connectivity index (χ1) is 9.29. The van der Waals surface area contributed by atoms with Gasteiger partial charge in [-0.1, -0.05) is 0 Å².